The molecule has 0 aliphatic rings. The first-order valence-corrected chi connectivity index (χ1v) is 12.0. The number of nitrogens with one attached hydrogen (secondary N) is 1. The van der Waals surface area contributed by atoms with Crippen LogP contribution in [0.25, 0.3) is 0 Å². The van der Waals surface area contributed by atoms with Crippen LogP contribution in [0.2, 0.25) is 0 Å². The molecular formula is C27H39NO3. The molecule has 0 fully saturated rings. The van der Waals surface area contributed by atoms with E-state index >= 15 is 0 Å². The van der Waals surface area contributed by atoms with Gasteiger partial charge in [-0.05, 0) is 61.4 Å². The molecule has 2 rings (SSSR count). The molecule has 4 heteroatoms. The second-order valence-corrected chi connectivity index (χ2v) is 8.03. The average Bonchev–Trinajstić information content (AvgIpc) is 2.80. The number of hydrogen-bond donors (Lipinski definition) is 1. The highest BCUT2D eigenvalue weighted by Gasteiger charge is 2.07. The molecule has 0 heterocycles. The molecule has 0 saturated heterocycles. The monoisotopic (exact) mass is 425 g/mol. The van der Waals surface area contributed by atoms with Crippen LogP contribution in [-0.2, 0) is 0 Å². The molecule has 2 aromatic rings. The van der Waals surface area contributed by atoms with Crippen LogP contribution in [0.3, 0.4) is 0 Å². The fourth-order valence-corrected chi connectivity index (χ4v) is 3.33. The minimum absolute atomic E-state index is 0.129. The summed E-state index contributed by atoms with van der Waals surface area (Å²) in [5.41, 5.74) is 1.37. The van der Waals surface area contributed by atoms with Gasteiger partial charge in [0.2, 0.25) is 0 Å². The molecule has 0 radical (unpaired) electrons. The van der Waals surface area contributed by atoms with Crippen LogP contribution in [0.1, 0.15) is 88.4 Å². The van der Waals surface area contributed by atoms with Crippen LogP contribution >= 0.6 is 0 Å². The lowest BCUT2D eigenvalue weighted by atomic mass is 10.1. The van der Waals surface area contributed by atoms with Crippen molar-refractivity contribution in [2.24, 2.45) is 0 Å². The molecule has 0 spiro atoms. The Hall–Kier alpha value is -2.49. The summed E-state index contributed by atoms with van der Waals surface area (Å²) in [5, 5.41) is 2.93. The number of amides is 1. The SMILES string of the molecule is CCCCCCCOc1ccc(NC(=O)c2ccc(OCCCCCCC)cc2)cc1. The van der Waals surface area contributed by atoms with Gasteiger partial charge in [0, 0.05) is 11.3 Å². The Morgan fingerprint density at radius 2 is 1.10 bits per heavy atom. The third-order valence-electron chi connectivity index (χ3n) is 5.26. The van der Waals surface area contributed by atoms with Crippen LogP contribution < -0.4 is 14.8 Å². The molecule has 0 saturated carbocycles. The number of anilines is 1. The van der Waals surface area contributed by atoms with Gasteiger partial charge in [0.1, 0.15) is 11.5 Å². The number of rotatable bonds is 16. The fourth-order valence-electron chi connectivity index (χ4n) is 3.33. The van der Waals surface area contributed by atoms with E-state index in [-0.39, 0.29) is 5.91 Å². The van der Waals surface area contributed by atoms with Crippen molar-refractivity contribution in [2.75, 3.05) is 18.5 Å². The number of carbonyl (C=O) groups is 1. The van der Waals surface area contributed by atoms with Crippen molar-refractivity contribution in [1.82, 2.24) is 0 Å². The van der Waals surface area contributed by atoms with E-state index in [0.29, 0.717) is 5.56 Å². The predicted octanol–water partition coefficient (Wildman–Crippen LogP) is 7.64. The van der Waals surface area contributed by atoms with Gasteiger partial charge in [-0.3, -0.25) is 4.79 Å². The number of unbranched alkanes of at least 4 members (excludes halogenated alkanes) is 8. The maximum atomic E-state index is 12.5. The summed E-state index contributed by atoms with van der Waals surface area (Å²) in [6.45, 7) is 5.90. The molecule has 0 bridgehead atoms. The van der Waals surface area contributed by atoms with Crippen molar-refractivity contribution < 1.29 is 14.3 Å². The number of carbonyl (C=O) groups excluding carboxylic acids is 1. The number of ether oxygens (including phenoxy) is 2. The van der Waals surface area contributed by atoms with Crippen LogP contribution in [0.4, 0.5) is 5.69 Å². The highest BCUT2D eigenvalue weighted by Crippen LogP contribution is 2.18. The highest BCUT2D eigenvalue weighted by molar-refractivity contribution is 6.04. The standard InChI is InChI=1S/C27H39NO3/c1-3-5-7-9-11-21-30-25-17-13-23(14-18-25)27(29)28-24-15-19-26(20-16-24)31-22-12-10-8-6-4-2/h13-20H,3-12,21-22H2,1-2H3,(H,28,29). The van der Waals surface area contributed by atoms with E-state index in [1.54, 1.807) is 12.1 Å². The van der Waals surface area contributed by atoms with Gasteiger partial charge in [-0.25, -0.2) is 0 Å². The van der Waals surface area contributed by atoms with Gasteiger partial charge in [0.25, 0.3) is 5.91 Å². The zero-order valence-corrected chi connectivity index (χ0v) is 19.3. The van der Waals surface area contributed by atoms with E-state index in [0.717, 1.165) is 43.2 Å². The van der Waals surface area contributed by atoms with Crippen molar-refractivity contribution in [1.29, 1.82) is 0 Å². The summed E-state index contributed by atoms with van der Waals surface area (Å²) in [6.07, 6.45) is 12.2. The van der Waals surface area contributed by atoms with Gasteiger partial charge >= 0.3 is 0 Å². The van der Waals surface area contributed by atoms with Crippen molar-refractivity contribution in [2.45, 2.75) is 78.1 Å². The summed E-state index contributed by atoms with van der Waals surface area (Å²) in [6, 6.07) is 14.9. The molecule has 0 unspecified atom stereocenters. The lowest BCUT2D eigenvalue weighted by molar-refractivity contribution is 0.102. The maximum absolute atomic E-state index is 12.5. The lowest BCUT2D eigenvalue weighted by Crippen LogP contribution is -2.11. The van der Waals surface area contributed by atoms with Gasteiger partial charge in [-0.1, -0.05) is 65.2 Å². The molecule has 1 N–H and O–H groups in total. The minimum atomic E-state index is -0.129. The van der Waals surface area contributed by atoms with E-state index in [2.05, 4.69) is 19.2 Å². The molecule has 0 atom stereocenters. The third-order valence-corrected chi connectivity index (χ3v) is 5.26. The Morgan fingerprint density at radius 1 is 0.645 bits per heavy atom. The van der Waals surface area contributed by atoms with Crippen molar-refractivity contribution >= 4 is 11.6 Å². The van der Waals surface area contributed by atoms with Crippen molar-refractivity contribution in [3.8, 4) is 11.5 Å². The Morgan fingerprint density at radius 3 is 1.58 bits per heavy atom. The molecule has 0 aliphatic heterocycles. The van der Waals surface area contributed by atoms with Gasteiger partial charge in [0.05, 0.1) is 13.2 Å². The maximum Gasteiger partial charge on any atom is 0.255 e. The summed E-state index contributed by atoms with van der Waals surface area (Å²) in [4.78, 5) is 12.5. The zero-order valence-electron chi connectivity index (χ0n) is 19.3. The van der Waals surface area contributed by atoms with Crippen molar-refractivity contribution in [3.05, 3.63) is 54.1 Å². The molecule has 4 nitrogen and oxygen atoms in total. The topological polar surface area (TPSA) is 47.6 Å². The Balaban J connectivity index is 1.69. The van der Waals surface area contributed by atoms with Crippen LogP contribution in [0, 0.1) is 0 Å². The van der Waals surface area contributed by atoms with Crippen LogP contribution in [0.5, 0.6) is 11.5 Å². The molecular weight excluding hydrogens is 386 g/mol. The van der Waals surface area contributed by atoms with Crippen LogP contribution in [0.15, 0.2) is 48.5 Å². The van der Waals surface area contributed by atoms with E-state index < -0.39 is 0 Å². The minimum Gasteiger partial charge on any atom is -0.494 e. The van der Waals surface area contributed by atoms with E-state index in [9.17, 15) is 4.79 Å². The van der Waals surface area contributed by atoms with Gasteiger partial charge in [0.15, 0.2) is 0 Å². The Labute approximate surface area is 188 Å². The second kappa shape index (κ2) is 15.3. The molecule has 170 valence electrons. The van der Waals surface area contributed by atoms with E-state index in [1.165, 1.54) is 51.4 Å². The average molecular weight is 426 g/mol. The summed E-state index contributed by atoms with van der Waals surface area (Å²) < 4.78 is 11.5. The van der Waals surface area contributed by atoms with Crippen molar-refractivity contribution in [3.63, 3.8) is 0 Å². The Bertz CT molecular complexity index is 725. The van der Waals surface area contributed by atoms with Crippen LogP contribution in [-0.4, -0.2) is 19.1 Å². The fraction of sp³-hybridized carbons (Fsp3) is 0.519. The molecule has 1 amide bonds. The van der Waals surface area contributed by atoms with Gasteiger partial charge in [-0.2, -0.15) is 0 Å². The van der Waals surface area contributed by atoms with Gasteiger partial charge in [-0.15, -0.1) is 0 Å². The summed E-state index contributed by atoms with van der Waals surface area (Å²) >= 11 is 0. The van der Waals surface area contributed by atoms with E-state index in [1.807, 2.05) is 36.4 Å². The molecule has 2 aromatic carbocycles. The predicted molar refractivity (Wildman–Crippen MR) is 129 cm³/mol. The Kier molecular flexibility index (Phi) is 12.3. The number of hydrogen-bond acceptors (Lipinski definition) is 3. The zero-order chi connectivity index (χ0) is 22.2. The van der Waals surface area contributed by atoms with E-state index in [4.69, 9.17) is 9.47 Å². The third kappa shape index (κ3) is 10.4. The summed E-state index contributed by atoms with van der Waals surface area (Å²) in [5.74, 6) is 1.52. The summed E-state index contributed by atoms with van der Waals surface area (Å²) in [7, 11) is 0. The quantitative estimate of drug-likeness (QED) is 0.281. The molecule has 0 aromatic heterocycles. The smallest absolute Gasteiger partial charge is 0.255 e. The largest absolute Gasteiger partial charge is 0.494 e. The first kappa shape index (κ1) is 24.8. The first-order valence-electron chi connectivity index (χ1n) is 12.0. The lowest BCUT2D eigenvalue weighted by Gasteiger charge is -2.09. The molecule has 0 aliphatic carbocycles. The van der Waals surface area contributed by atoms with Gasteiger partial charge < -0.3 is 14.8 Å². The number of benzene rings is 2. The molecule has 31 heavy (non-hydrogen) atoms. The second-order valence-electron chi connectivity index (χ2n) is 8.03. The normalized spacial score (nSPS) is 10.6. The highest BCUT2D eigenvalue weighted by atomic mass is 16.5. The first-order chi connectivity index (χ1) is 15.2.